The number of hydrogen-bond donors (Lipinski definition) is 2. The molecule has 37 heavy (non-hydrogen) atoms. The lowest BCUT2D eigenvalue weighted by Gasteiger charge is -2.35. The molecule has 1 aliphatic rings. The lowest BCUT2D eigenvalue weighted by molar-refractivity contribution is -0.00204. The number of rotatable bonds is 4. The van der Waals surface area contributed by atoms with Crippen LogP contribution in [-0.2, 0) is 0 Å². The molecule has 2 aromatic heterocycles. The van der Waals surface area contributed by atoms with Crippen molar-refractivity contribution < 1.29 is 14.3 Å². The van der Waals surface area contributed by atoms with E-state index in [-0.39, 0.29) is 5.91 Å². The largest absolute Gasteiger partial charge is 0.390 e. The summed E-state index contributed by atoms with van der Waals surface area (Å²) in [6.07, 6.45) is 2.77. The van der Waals surface area contributed by atoms with Gasteiger partial charge in [0.25, 0.3) is 5.91 Å². The van der Waals surface area contributed by atoms with Gasteiger partial charge in [-0.05, 0) is 73.9 Å². The lowest BCUT2D eigenvalue weighted by Crippen LogP contribution is -2.45. The molecule has 0 aliphatic carbocycles. The van der Waals surface area contributed by atoms with Crippen LogP contribution in [0.4, 0.5) is 15.8 Å². The smallest absolute Gasteiger partial charge is 0.253 e. The number of thiazole rings is 1. The minimum Gasteiger partial charge on any atom is -0.390 e. The van der Waals surface area contributed by atoms with Crippen LogP contribution in [0.15, 0.2) is 72.4 Å². The Morgan fingerprint density at radius 2 is 1.86 bits per heavy atom. The zero-order chi connectivity index (χ0) is 25.6. The third-order valence-corrected chi connectivity index (χ3v) is 7.82. The van der Waals surface area contributed by atoms with E-state index < -0.39 is 11.4 Å². The van der Waals surface area contributed by atoms with Crippen LogP contribution in [0, 0.1) is 5.82 Å². The summed E-state index contributed by atoms with van der Waals surface area (Å²) in [5, 5.41) is 14.5. The number of halogens is 1. The molecule has 5 aromatic rings. The van der Waals surface area contributed by atoms with E-state index in [0.717, 1.165) is 32.5 Å². The maximum absolute atomic E-state index is 15.3. The first-order valence-corrected chi connectivity index (χ1v) is 13.0. The number of piperidine rings is 1. The summed E-state index contributed by atoms with van der Waals surface area (Å²) in [6.45, 7) is 2.69. The van der Waals surface area contributed by atoms with Gasteiger partial charge >= 0.3 is 0 Å². The zero-order valence-corrected chi connectivity index (χ0v) is 21.1. The van der Waals surface area contributed by atoms with Crippen LogP contribution < -0.4 is 5.32 Å². The summed E-state index contributed by atoms with van der Waals surface area (Å²) in [4.78, 5) is 23.5. The van der Waals surface area contributed by atoms with E-state index in [9.17, 15) is 9.90 Å². The van der Waals surface area contributed by atoms with E-state index in [1.165, 1.54) is 6.07 Å². The number of carbonyl (C=O) groups is 1. The van der Waals surface area contributed by atoms with E-state index in [2.05, 4.69) is 15.3 Å². The number of amides is 1. The third-order valence-electron chi connectivity index (χ3n) is 7.01. The van der Waals surface area contributed by atoms with Gasteiger partial charge in [-0.1, -0.05) is 12.1 Å². The highest BCUT2D eigenvalue weighted by atomic mass is 32.1. The van der Waals surface area contributed by atoms with Crippen molar-refractivity contribution in [1.29, 1.82) is 0 Å². The molecule has 0 spiro atoms. The van der Waals surface area contributed by atoms with Gasteiger partial charge in [-0.3, -0.25) is 9.78 Å². The molecule has 0 atom stereocenters. The second-order valence-electron chi connectivity index (χ2n) is 9.73. The normalized spacial score (nSPS) is 15.3. The number of fused-ring (bicyclic) bond motifs is 2. The summed E-state index contributed by atoms with van der Waals surface area (Å²) in [7, 11) is 0. The number of pyridine rings is 1. The molecule has 0 saturated carbocycles. The van der Waals surface area contributed by atoms with Crippen LogP contribution in [0.25, 0.3) is 32.2 Å². The highest BCUT2D eigenvalue weighted by Crippen LogP contribution is 2.32. The van der Waals surface area contributed by atoms with Gasteiger partial charge in [-0.2, -0.15) is 0 Å². The average molecular weight is 513 g/mol. The number of hydrogen-bond acceptors (Lipinski definition) is 6. The fourth-order valence-corrected chi connectivity index (χ4v) is 5.43. The molecule has 6 nitrogen and oxygen atoms in total. The number of likely N-dealkylation sites (tertiary alicyclic amines) is 1. The van der Waals surface area contributed by atoms with Gasteiger partial charge in [0.2, 0.25) is 0 Å². The van der Waals surface area contributed by atoms with E-state index in [4.69, 9.17) is 0 Å². The Labute approximate surface area is 217 Å². The van der Waals surface area contributed by atoms with Crippen LogP contribution in [-0.4, -0.2) is 44.6 Å². The molecule has 1 fully saturated rings. The van der Waals surface area contributed by atoms with Gasteiger partial charge in [0, 0.05) is 47.2 Å². The Bertz CT molecular complexity index is 1640. The maximum atomic E-state index is 15.3. The van der Waals surface area contributed by atoms with Crippen molar-refractivity contribution in [1.82, 2.24) is 14.9 Å². The van der Waals surface area contributed by atoms with Gasteiger partial charge in [0.1, 0.15) is 5.82 Å². The number of nitrogens with zero attached hydrogens (tertiary/aromatic N) is 3. The summed E-state index contributed by atoms with van der Waals surface area (Å²) in [5.41, 5.74) is 5.98. The maximum Gasteiger partial charge on any atom is 0.253 e. The monoisotopic (exact) mass is 512 g/mol. The van der Waals surface area contributed by atoms with Gasteiger partial charge in [-0.15, -0.1) is 11.3 Å². The fraction of sp³-hybridized carbons (Fsp3) is 0.207. The van der Waals surface area contributed by atoms with Crippen LogP contribution in [0.5, 0.6) is 0 Å². The Morgan fingerprint density at radius 3 is 2.68 bits per heavy atom. The van der Waals surface area contributed by atoms with Gasteiger partial charge < -0.3 is 15.3 Å². The minimum atomic E-state index is -0.752. The van der Waals surface area contributed by atoms with Gasteiger partial charge in [-0.25, -0.2) is 9.37 Å². The Morgan fingerprint density at radius 1 is 1.03 bits per heavy atom. The topological polar surface area (TPSA) is 78.3 Å². The molecule has 0 bridgehead atoms. The molecule has 6 rings (SSSR count). The molecular formula is C29H25FN4O2S. The van der Waals surface area contributed by atoms with Crippen LogP contribution in [0.3, 0.4) is 0 Å². The van der Waals surface area contributed by atoms with Gasteiger partial charge in [0.15, 0.2) is 0 Å². The Kier molecular flexibility index (Phi) is 5.85. The molecule has 3 heterocycles. The number of carbonyl (C=O) groups excluding carboxylic acids is 1. The molecule has 8 heteroatoms. The molecule has 0 radical (unpaired) electrons. The molecule has 1 aliphatic heterocycles. The predicted molar refractivity (Wildman–Crippen MR) is 146 cm³/mol. The summed E-state index contributed by atoms with van der Waals surface area (Å²) in [5.74, 6) is -0.672. The summed E-state index contributed by atoms with van der Waals surface area (Å²) >= 11 is 1.60. The molecular weight excluding hydrogens is 487 g/mol. The quantitative estimate of drug-likeness (QED) is 0.292. The lowest BCUT2D eigenvalue weighted by atomic mass is 9.93. The fourth-order valence-electron chi connectivity index (χ4n) is 4.77. The molecule has 3 aromatic carbocycles. The predicted octanol–water partition coefficient (Wildman–Crippen LogP) is 6.38. The molecule has 186 valence electrons. The molecule has 1 amide bonds. The van der Waals surface area contributed by atoms with E-state index in [0.29, 0.717) is 42.6 Å². The van der Waals surface area contributed by atoms with Crippen molar-refractivity contribution in [2.24, 2.45) is 0 Å². The first-order chi connectivity index (χ1) is 17.9. The van der Waals surface area contributed by atoms with Crippen molar-refractivity contribution in [3.63, 3.8) is 0 Å². The number of benzene rings is 3. The van der Waals surface area contributed by atoms with Crippen LogP contribution in [0.2, 0.25) is 0 Å². The zero-order valence-electron chi connectivity index (χ0n) is 20.2. The van der Waals surface area contributed by atoms with Gasteiger partial charge in [0.05, 0.1) is 26.8 Å². The number of anilines is 2. The highest BCUT2D eigenvalue weighted by molar-refractivity contribution is 7.16. The molecule has 0 unspecified atom stereocenters. The van der Waals surface area contributed by atoms with Crippen molar-refractivity contribution in [2.45, 2.75) is 25.4 Å². The van der Waals surface area contributed by atoms with Crippen molar-refractivity contribution in [3.05, 3.63) is 83.8 Å². The standard InChI is InChI=1S/C29H25FN4O2S/c1-29(36)9-12-34(13-10-29)28(35)19-2-5-21(23(30)15-19)18-3-6-24-22(14-18)25(8-11-31-24)33-20-4-7-27-26(16-20)32-17-37-27/h2-8,11,14-17,36H,9-10,12-13H2,1H3,(H,31,33). The van der Waals surface area contributed by atoms with Crippen molar-refractivity contribution in [2.75, 3.05) is 18.4 Å². The van der Waals surface area contributed by atoms with Crippen LogP contribution >= 0.6 is 11.3 Å². The molecule has 1 saturated heterocycles. The van der Waals surface area contributed by atoms with Crippen LogP contribution in [0.1, 0.15) is 30.1 Å². The second kappa shape index (κ2) is 9.21. The summed E-state index contributed by atoms with van der Waals surface area (Å²) < 4.78 is 16.4. The number of aromatic nitrogens is 2. The Balaban J connectivity index is 1.29. The van der Waals surface area contributed by atoms with E-state index in [1.807, 2.05) is 48.0 Å². The highest BCUT2D eigenvalue weighted by Gasteiger charge is 2.30. The average Bonchev–Trinajstić information content (AvgIpc) is 3.36. The number of nitrogens with one attached hydrogen (secondary N) is 1. The Hall–Kier alpha value is -3.88. The summed E-state index contributed by atoms with van der Waals surface area (Å²) in [6, 6.07) is 18.2. The number of aliphatic hydroxyl groups is 1. The molecule has 2 N–H and O–H groups in total. The second-order valence-corrected chi connectivity index (χ2v) is 10.6. The first kappa shape index (κ1) is 23.5. The SMILES string of the molecule is CC1(O)CCN(C(=O)c2ccc(-c3ccc4nccc(Nc5ccc6scnc6c5)c4c3)c(F)c2)CC1. The minimum absolute atomic E-state index is 0.216. The van der Waals surface area contributed by atoms with E-state index >= 15 is 4.39 Å². The first-order valence-electron chi connectivity index (χ1n) is 12.2. The van der Waals surface area contributed by atoms with Crippen molar-refractivity contribution >= 4 is 49.7 Å². The third kappa shape index (κ3) is 4.65. The van der Waals surface area contributed by atoms with Crippen molar-refractivity contribution in [3.8, 4) is 11.1 Å². The van der Waals surface area contributed by atoms with E-state index in [1.54, 1.807) is 41.5 Å².